The van der Waals surface area contributed by atoms with Crippen LogP contribution in [0.1, 0.15) is 13.8 Å². The predicted octanol–water partition coefficient (Wildman–Crippen LogP) is -0.0648. The second-order valence-electron chi connectivity index (χ2n) is 4.19. The lowest BCUT2D eigenvalue weighted by Gasteiger charge is -2.21. The second-order valence-corrected chi connectivity index (χ2v) is 5.28. The predicted molar refractivity (Wildman–Crippen MR) is 60.8 cm³/mol. The van der Waals surface area contributed by atoms with Crippen molar-refractivity contribution < 1.29 is 26.7 Å². The number of carbonyl (C=O) groups is 1. The molecule has 0 saturated carbocycles. The van der Waals surface area contributed by atoms with Crippen molar-refractivity contribution in [1.82, 2.24) is 4.90 Å². The first-order chi connectivity index (χ1) is 7.61. The average molecular weight is 269 g/mol. The summed E-state index contributed by atoms with van der Waals surface area (Å²) in [6.45, 7) is 3.22. The normalized spacial score (nSPS) is 14.1. The van der Waals surface area contributed by atoms with Crippen LogP contribution in [-0.4, -0.2) is 57.2 Å². The summed E-state index contributed by atoms with van der Waals surface area (Å²) >= 11 is 0. The molecule has 0 aliphatic heterocycles. The van der Waals surface area contributed by atoms with E-state index in [9.17, 15) is 13.2 Å². The molecule has 1 unspecified atom stereocenters. The Morgan fingerprint density at radius 3 is 2.24 bits per heavy atom. The molecule has 0 bridgehead atoms. The molecule has 0 aromatic heterocycles. The van der Waals surface area contributed by atoms with Gasteiger partial charge in [-0.05, 0) is 14.1 Å². The number of nitrogens with zero attached hydrogens (tertiary/aromatic N) is 1. The summed E-state index contributed by atoms with van der Waals surface area (Å²) in [7, 11) is -1.04. The van der Waals surface area contributed by atoms with Gasteiger partial charge in [-0.15, -0.1) is 0 Å². The van der Waals surface area contributed by atoms with E-state index in [1.807, 2.05) is 0 Å². The Morgan fingerprint density at radius 1 is 1.35 bits per heavy atom. The summed E-state index contributed by atoms with van der Waals surface area (Å²) in [5.41, 5.74) is 0. The fraction of sp³-hybridized carbons (Fsp3) is 0.889. The number of esters is 1. The van der Waals surface area contributed by atoms with Crippen LogP contribution in [-0.2, 0) is 24.1 Å². The standard InChI is InChI=1S/C9H19NO6S/c1-7(2)9(11)16-8(5-10(3)4)6-15-17(12,13)14/h7-8H,5-6H2,1-4H3,(H,12,13,14). The number of ether oxygens (including phenoxy) is 1. The number of hydrogen-bond donors (Lipinski definition) is 1. The quantitative estimate of drug-likeness (QED) is 0.511. The Kier molecular flexibility index (Phi) is 6.61. The maximum Gasteiger partial charge on any atom is 0.397 e. The lowest BCUT2D eigenvalue weighted by molar-refractivity contribution is -0.155. The minimum absolute atomic E-state index is 0.300. The molecule has 0 spiro atoms. The maximum absolute atomic E-state index is 11.4. The van der Waals surface area contributed by atoms with Crippen molar-refractivity contribution in [3.05, 3.63) is 0 Å². The zero-order valence-electron chi connectivity index (χ0n) is 10.4. The zero-order chi connectivity index (χ0) is 13.6. The highest BCUT2D eigenvalue weighted by Gasteiger charge is 2.20. The molecule has 0 aliphatic carbocycles. The Morgan fingerprint density at radius 2 is 1.88 bits per heavy atom. The molecule has 7 nitrogen and oxygen atoms in total. The molecule has 1 N–H and O–H groups in total. The van der Waals surface area contributed by atoms with Crippen molar-refractivity contribution in [2.24, 2.45) is 5.92 Å². The molecular formula is C9H19NO6S. The molecule has 0 aliphatic rings. The van der Waals surface area contributed by atoms with E-state index in [1.165, 1.54) is 0 Å². The van der Waals surface area contributed by atoms with E-state index in [1.54, 1.807) is 32.8 Å². The number of hydrogen-bond acceptors (Lipinski definition) is 6. The first-order valence-corrected chi connectivity index (χ1v) is 6.45. The lowest BCUT2D eigenvalue weighted by Crippen LogP contribution is -2.35. The van der Waals surface area contributed by atoms with Gasteiger partial charge in [0.25, 0.3) is 0 Å². The van der Waals surface area contributed by atoms with Gasteiger partial charge in [-0.3, -0.25) is 9.35 Å². The third kappa shape index (κ3) is 9.04. The van der Waals surface area contributed by atoms with Gasteiger partial charge >= 0.3 is 16.4 Å². The highest BCUT2D eigenvalue weighted by atomic mass is 32.3. The van der Waals surface area contributed by atoms with Crippen LogP contribution in [0.5, 0.6) is 0 Å². The van der Waals surface area contributed by atoms with Gasteiger partial charge in [0.1, 0.15) is 12.7 Å². The minimum atomic E-state index is -4.52. The van der Waals surface area contributed by atoms with Crippen LogP contribution in [0.25, 0.3) is 0 Å². The molecule has 1 atom stereocenters. The van der Waals surface area contributed by atoms with Crippen molar-refractivity contribution >= 4 is 16.4 Å². The summed E-state index contributed by atoms with van der Waals surface area (Å²) < 4.78 is 38.5. The lowest BCUT2D eigenvalue weighted by atomic mass is 10.2. The van der Waals surface area contributed by atoms with E-state index in [2.05, 4.69) is 4.18 Å². The van der Waals surface area contributed by atoms with Gasteiger partial charge in [0, 0.05) is 6.54 Å². The topological polar surface area (TPSA) is 93.1 Å². The molecule has 17 heavy (non-hydrogen) atoms. The van der Waals surface area contributed by atoms with Crippen molar-refractivity contribution in [3.8, 4) is 0 Å². The van der Waals surface area contributed by atoms with Crippen LogP contribution in [0.3, 0.4) is 0 Å². The molecule has 0 heterocycles. The molecule has 0 rings (SSSR count). The highest BCUT2D eigenvalue weighted by Crippen LogP contribution is 2.04. The molecule has 102 valence electrons. The maximum atomic E-state index is 11.4. The van der Waals surface area contributed by atoms with E-state index in [-0.39, 0.29) is 5.92 Å². The Hall–Kier alpha value is -0.700. The summed E-state index contributed by atoms with van der Waals surface area (Å²) in [6, 6.07) is 0. The van der Waals surface area contributed by atoms with Gasteiger partial charge in [-0.2, -0.15) is 8.42 Å². The van der Waals surface area contributed by atoms with Crippen LogP contribution in [0, 0.1) is 5.92 Å². The minimum Gasteiger partial charge on any atom is -0.458 e. The van der Waals surface area contributed by atoms with Gasteiger partial charge in [0.15, 0.2) is 0 Å². The highest BCUT2D eigenvalue weighted by molar-refractivity contribution is 7.80. The molecule has 0 aromatic carbocycles. The largest absolute Gasteiger partial charge is 0.458 e. The number of likely N-dealkylation sites (N-methyl/N-ethyl adjacent to an activating group) is 1. The van der Waals surface area contributed by atoms with Crippen molar-refractivity contribution in [2.45, 2.75) is 20.0 Å². The fourth-order valence-corrected chi connectivity index (χ4v) is 1.32. The van der Waals surface area contributed by atoms with Gasteiger partial charge in [0.05, 0.1) is 5.92 Å². The molecule has 0 aromatic rings. The first kappa shape index (κ1) is 16.3. The van der Waals surface area contributed by atoms with Crippen LogP contribution in [0.15, 0.2) is 0 Å². The van der Waals surface area contributed by atoms with Crippen LogP contribution in [0.4, 0.5) is 0 Å². The van der Waals surface area contributed by atoms with Crippen LogP contribution >= 0.6 is 0 Å². The Labute approximate surface area is 102 Å². The van der Waals surface area contributed by atoms with Crippen LogP contribution < -0.4 is 0 Å². The van der Waals surface area contributed by atoms with Crippen molar-refractivity contribution in [1.29, 1.82) is 0 Å². The molecular weight excluding hydrogens is 250 g/mol. The third-order valence-electron chi connectivity index (χ3n) is 1.73. The smallest absolute Gasteiger partial charge is 0.397 e. The van der Waals surface area contributed by atoms with Gasteiger partial charge in [0.2, 0.25) is 0 Å². The molecule has 8 heteroatoms. The van der Waals surface area contributed by atoms with E-state index >= 15 is 0 Å². The molecule has 0 radical (unpaired) electrons. The summed E-state index contributed by atoms with van der Waals surface area (Å²) in [6.07, 6.45) is -0.748. The average Bonchev–Trinajstić information content (AvgIpc) is 2.11. The van der Waals surface area contributed by atoms with Gasteiger partial charge in [-0.25, -0.2) is 4.18 Å². The Balaban J connectivity index is 4.38. The van der Waals surface area contributed by atoms with Gasteiger partial charge in [-0.1, -0.05) is 13.8 Å². The molecule has 0 amide bonds. The molecule has 0 fully saturated rings. The third-order valence-corrected chi connectivity index (χ3v) is 2.16. The summed E-state index contributed by atoms with van der Waals surface area (Å²) in [5.74, 6) is -0.763. The number of carbonyl (C=O) groups excluding carboxylic acids is 1. The number of rotatable bonds is 7. The van der Waals surface area contributed by atoms with E-state index in [0.29, 0.717) is 6.54 Å². The molecule has 0 saturated heterocycles. The van der Waals surface area contributed by atoms with Crippen molar-refractivity contribution in [3.63, 3.8) is 0 Å². The van der Waals surface area contributed by atoms with E-state index in [0.717, 1.165) is 0 Å². The SMILES string of the molecule is CC(C)C(=O)OC(COS(=O)(=O)O)CN(C)C. The van der Waals surface area contributed by atoms with Crippen molar-refractivity contribution in [2.75, 3.05) is 27.2 Å². The second kappa shape index (κ2) is 6.90. The summed E-state index contributed by atoms with van der Waals surface area (Å²) in [5, 5.41) is 0. The van der Waals surface area contributed by atoms with E-state index in [4.69, 9.17) is 9.29 Å². The first-order valence-electron chi connectivity index (χ1n) is 5.09. The zero-order valence-corrected chi connectivity index (χ0v) is 11.2. The summed E-state index contributed by atoms with van der Waals surface area (Å²) in [4.78, 5) is 13.1. The van der Waals surface area contributed by atoms with E-state index < -0.39 is 29.1 Å². The van der Waals surface area contributed by atoms with Crippen LogP contribution in [0.2, 0.25) is 0 Å². The Bertz CT molecular complexity index is 337. The fourth-order valence-electron chi connectivity index (χ4n) is 0.993. The monoisotopic (exact) mass is 269 g/mol. The van der Waals surface area contributed by atoms with Gasteiger partial charge < -0.3 is 9.64 Å².